The van der Waals surface area contributed by atoms with E-state index in [9.17, 15) is 53.6 Å². The predicted molar refractivity (Wildman–Crippen MR) is 345 cm³/mol. The second-order valence-electron chi connectivity index (χ2n) is 25.0. The Morgan fingerprint density at radius 3 is 1.40 bits per heavy atom. The van der Waals surface area contributed by atoms with Crippen molar-refractivity contribution in [2.75, 3.05) is 67.0 Å². The number of nitrogens with zero attached hydrogens (tertiary/aromatic N) is 6. The fraction of sp³-hybridized carbons (Fsp3) is 0.516. The molecule has 2 aliphatic carbocycles. The molecule has 4 fully saturated rings. The van der Waals surface area contributed by atoms with Crippen LogP contribution in [0.25, 0.3) is 22.1 Å². The van der Waals surface area contributed by atoms with Gasteiger partial charge < -0.3 is 28.7 Å². The molecule has 2 saturated carbocycles. The maximum Gasteiger partial charge on any atom is 0.420 e. The third-order valence-electron chi connectivity index (χ3n) is 15.3. The van der Waals surface area contributed by atoms with Gasteiger partial charge in [-0.15, -0.1) is 0 Å². The first-order valence-corrected chi connectivity index (χ1v) is 35.2. The van der Waals surface area contributed by atoms with E-state index in [2.05, 4.69) is 25.7 Å². The second-order valence-corrected chi connectivity index (χ2v) is 31.2. The number of imidazole rings is 2. The minimum absolute atomic E-state index is 0.00759. The van der Waals surface area contributed by atoms with E-state index in [1.807, 2.05) is 0 Å². The lowest BCUT2D eigenvalue weighted by molar-refractivity contribution is -0.141. The summed E-state index contributed by atoms with van der Waals surface area (Å²) in [7, 11) is -4.28. The summed E-state index contributed by atoms with van der Waals surface area (Å²) in [6, 6.07) is 15.7. The van der Waals surface area contributed by atoms with E-state index in [-0.39, 0.29) is 157 Å². The number of alkyl halides is 5. The van der Waals surface area contributed by atoms with Crippen molar-refractivity contribution >= 4 is 140 Å². The van der Waals surface area contributed by atoms with Gasteiger partial charge in [0.15, 0.2) is 19.7 Å². The van der Waals surface area contributed by atoms with Gasteiger partial charge in [-0.2, -0.15) is 0 Å². The summed E-state index contributed by atoms with van der Waals surface area (Å²) in [6.07, 6.45) is 0.605. The molecule has 4 aromatic carbocycles. The third-order valence-corrected chi connectivity index (χ3v) is 20.9. The van der Waals surface area contributed by atoms with Gasteiger partial charge in [-0.05, 0) is 127 Å². The monoisotopic (exact) mass is 1450 g/mol. The molecule has 18 nitrogen and oxygen atoms in total. The zero-order valence-corrected chi connectivity index (χ0v) is 57.6. The average Bonchev–Trinajstić information content (AvgIpc) is 1.63. The number of ether oxygens (including phenoxy) is 4. The van der Waals surface area contributed by atoms with E-state index < -0.39 is 66.8 Å². The van der Waals surface area contributed by atoms with Gasteiger partial charge in [-0.3, -0.25) is 9.59 Å². The number of methoxy groups -OCH3 is 2. The molecule has 0 amide bonds. The molecule has 1 atom stereocenters. The standard InChI is InChI=1S/C31H35Cl2F2N3O6S.C28H31Cl2F2N3O4S.C3H5BrO2/c1-30(2,3)44-29(40)38-27-23(16-22(32)26(25(27)33)37-13-11-31(34,35)12-14-37)36-28(38)21(15-24(39)43-4)19-7-9-20(10-8-19)45(41,42)17-18-5-6-18;1-27(2,3)39-26(36)35-22(14-17-6-8-19(9-7-17)40(37,38)16-18-4-5-18)33-21-15-20(29)24(23(30)25(21)35)34-12-10-28(31,32)11-13-34;1-6-3(5)2-4/h7-10,16,18,21H,5-6,11-15,17H2,1-4H3;6-9,15,18H,4-5,10-14,16H2,1-3H3;2H2,1H3. The van der Waals surface area contributed by atoms with E-state index in [0.717, 1.165) is 31.2 Å². The number of anilines is 2. The number of piperidine rings is 2. The Bertz CT molecular complexity index is 3920. The number of halogens is 9. The van der Waals surface area contributed by atoms with Crippen LogP contribution < -0.4 is 9.80 Å². The van der Waals surface area contributed by atoms with Gasteiger partial charge in [0.2, 0.25) is 0 Å². The van der Waals surface area contributed by atoms with Crippen molar-refractivity contribution in [1.82, 2.24) is 19.1 Å². The SMILES string of the molecule is CC(C)(C)OC(=O)n1c(Cc2ccc(S(=O)(=O)CC3CC3)cc2)nc2cc(Cl)c(N3CCC(F)(F)CC3)c(Cl)c21.COC(=O)CBr.COC(=O)CC(c1ccc(S(=O)(=O)CC2CC2)cc1)c1nc2cc(Cl)c(N3CCC(F)(F)CC3)c(Cl)c2n1C(=O)OC(C)(C)C. The lowest BCUT2D eigenvalue weighted by Crippen LogP contribution is -2.39. The number of fused-ring (bicyclic) bond motifs is 2. The highest BCUT2D eigenvalue weighted by Gasteiger charge is 2.40. The predicted octanol–water partition coefficient (Wildman–Crippen LogP) is 14.9. The number of benzene rings is 4. The highest BCUT2D eigenvalue weighted by atomic mass is 79.9. The quantitative estimate of drug-likeness (QED) is 0.0404. The highest BCUT2D eigenvalue weighted by molar-refractivity contribution is 9.09. The number of hydrogen-bond donors (Lipinski definition) is 0. The molecule has 0 N–H and O–H groups in total. The van der Waals surface area contributed by atoms with E-state index in [1.54, 1.807) is 93.8 Å². The molecule has 2 aliphatic heterocycles. The molecule has 0 spiro atoms. The van der Waals surface area contributed by atoms with Crippen molar-refractivity contribution in [3.8, 4) is 0 Å². The molecule has 0 radical (unpaired) electrons. The average molecular weight is 1450 g/mol. The van der Waals surface area contributed by atoms with Crippen LogP contribution in [0.3, 0.4) is 0 Å². The Hall–Kier alpha value is -5.44. The van der Waals surface area contributed by atoms with Crippen molar-refractivity contribution in [2.45, 2.75) is 145 Å². The van der Waals surface area contributed by atoms with Crippen LogP contribution in [0.2, 0.25) is 20.1 Å². The first-order chi connectivity index (χ1) is 42.4. The minimum Gasteiger partial charge on any atom is -0.469 e. The molecule has 4 heterocycles. The van der Waals surface area contributed by atoms with Crippen LogP contribution in [0.15, 0.2) is 70.5 Å². The summed E-state index contributed by atoms with van der Waals surface area (Å²) in [4.78, 5) is 63.0. The van der Waals surface area contributed by atoms with Crippen LogP contribution in [0.1, 0.15) is 128 Å². The van der Waals surface area contributed by atoms with E-state index >= 15 is 0 Å². The maximum absolute atomic E-state index is 14.0. The normalized spacial score (nSPS) is 17.1. The molecule has 6 aromatic rings. The largest absolute Gasteiger partial charge is 0.469 e. The number of hydrogen-bond acceptors (Lipinski definition) is 16. The Labute approximate surface area is 554 Å². The van der Waals surface area contributed by atoms with Crippen LogP contribution in [0.4, 0.5) is 38.5 Å². The van der Waals surface area contributed by atoms with E-state index in [1.165, 1.54) is 41.6 Å². The van der Waals surface area contributed by atoms with Gasteiger partial charge in [0, 0.05) is 58.3 Å². The van der Waals surface area contributed by atoms with Gasteiger partial charge >= 0.3 is 24.1 Å². The lowest BCUT2D eigenvalue weighted by Gasteiger charge is -2.34. The summed E-state index contributed by atoms with van der Waals surface area (Å²) in [6.45, 7) is 10.4. The molecule has 10 rings (SSSR count). The lowest BCUT2D eigenvalue weighted by atomic mass is 9.95. The van der Waals surface area contributed by atoms with Crippen LogP contribution in [-0.2, 0) is 54.6 Å². The molecule has 496 valence electrons. The Morgan fingerprint density at radius 2 is 1.01 bits per heavy atom. The van der Waals surface area contributed by atoms with Crippen LogP contribution in [-0.4, -0.2) is 140 Å². The summed E-state index contributed by atoms with van der Waals surface area (Å²) in [5, 5.41) is 0.828. The smallest absolute Gasteiger partial charge is 0.420 e. The number of aromatic nitrogens is 4. The second kappa shape index (κ2) is 28.3. The summed E-state index contributed by atoms with van der Waals surface area (Å²) >= 11 is 29.9. The zero-order valence-electron chi connectivity index (χ0n) is 51.3. The Kier molecular flexibility index (Phi) is 22.2. The van der Waals surface area contributed by atoms with Crippen molar-refractivity contribution in [3.63, 3.8) is 0 Å². The van der Waals surface area contributed by atoms with Crippen LogP contribution >= 0.6 is 62.3 Å². The van der Waals surface area contributed by atoms with Gasteiger partial charge in [0.05, 0.1) is 90.4 Å². The van der Waals surface area contributed by atoms with Gasteiger partial charge in [0.25, 0.3) is 11.8 Å². The number of carbonyl (C=O) groups excluding carboxylic acids is 4. The summed E-state index contributed by atoms with van der Waals surface area (Å²) in [5.74, 6) is -6.28. The minimum atomic E-state index is -3.50. The number of rotatable bonds is 15. The van der Waals surface area contributed by atoms with E-state index in [4.69, 9.17) is 65.6 Å². The third kappa shape index (κ3) is 18.1. The number of carbonyl (C=O) groups is 4. The molecule has 0 bridgehead atoms. The molecule has 91 heavy (non-hydrogen) atoms. The molecule has 2 aromatic heterocycles. The Balaban J connectivity index is 0.000000216. The first kappa shape index (κ1) is 71.4. The molecule has 1 unspecified atom stereocenters. The molecular formula is C62H71BrCl4F4N6O12S2. The topological polar surface area (TPSA) is 216 Å². The zero-order chi connectivity index (χ0) is 66.9. The fourth-order valence-electron chi connectivity index (χ4n) is 10.4. The first-order valence-electron chi connectivity index (χ1n) is 29.3. The fourth-order valence-corrected chi connectivity index (χ4v) is 15.5. The van der Waals surface area contributed by atoms with Gasteiger partial charge in [-0.1, -0.05) is 86.6 Å². The highest BCUT2D eigenvalue weighted by Crippen LogP contribution is 2.46. The molecular weight excluding hydrogens is 1380 g/mol. The molecule has 29 heteroatoms. The summed E-state index contributed by atoms with van der Waals surface area (Å²) in [5.41, 5.74) is 1.10. The summed E-state index contributed by atoms with van der Waals surface area (Å²) < 4.78 is 130. The van der Waals surface area contributed by atoms with Gasteiger partial charge in [0.1, 0.15) is 39.2 Å². The molecule has 4 aliphatic rings. The van der Waals surface area contributed by atoms with Crippen molar-refractivity contribution in [2.24, 2.45) is 11.8 Å². The number of sulfone groups is 2. The number of esters is 2. The Morgan fingerprint density at radius 1 is 0.615 bits per heavy atom. The molecule has 2 saturated heterocycles. The van der Waals surface area contributed by atoms with Crippen LogP contribution in [0.5, 0.6) is 0 Å². The van der Waals surface area contributed by atoms with Crippen molar-refractivity contribution in [3.05, 3.63) is 104 Å². The van der Waals surface area contributed by atoms with Crippen molar-refractivity contribution < 1.29 is 72.5 Å². The van der Waals surface area contributed by atoms with Crippen molar-refractivity contribution in [1.29, 1.82) is 0 Å². The van der Waals surface area contributed by atoms with E-state index in [0.29, 0.717) is 22.6 Å². The van der Waals surface area contributed by atoms with Gasteiger partial charge in [-0.25, -0.2) is 63.1 Å². The maximum atomic E-state index is 14.0. The van der Waals surface area contributed by atoms with Crippen LogP contribution in [0, 0.1) is 11.8 Å².